The third-order valence-corrected chi connectivity index (χ3v) is 3.82. The zero-order chi connectivity index (χ0) is 17.9. The molecule has 3 N–H and O–H groups in total. The molecule has 142 valence electrons. The van der Waals surface area contributed by atoms with Crippen LogP contribution < -0.4 is 15.8 Å². The number of amides is 1. The van der Waals surface area contributed by atoms with Gasteiger partial charge >= 0.3 is 0 Å². The molecule has 0 aliphatic rings. The van der Waals surface area contributed by atoms with Gasteiger partial charge in [-0.3, -0.25) is 9.69 Å². The predicted octanol–water partition coefficient (Wildman–Crippen LogP) is 2.95. The van der Waals surface area contributed by atoms with Crippen LogP contribution in [0.25, 0.3) is 0 Å². The highest BCUT2D eigenvalue weighted by Crippen LogP contribution is 2.15. The lowest BCUT2D eigenvalue weighted by molar-refractivity contribution is -0.117. The van der Waals surface area contributed by atoms with E-state index in [0.29, 0.717) is 26.2 Å². The molecule has 26 heavy (non-hydrogen) atoms. The van der Waals surface area contributed by atoms with Crippen LogP contribution in [0.1, 0.15) is 12.5 Å². The van der Waals surface area contributed by atoms with Crippen LogP contribution >= 0.6 is 12.4 Å². The standard InChI is InChI=1S/C20H27N3O2.ClH/c1-2-25-19-10-8-18(9-11-19)22-20(24)16-23(15-13-21)14-12-17-6-4-3-5-7-17;/h3-11H,2,12-16,21H2,1H3,(H,22,24);1H. The Bertz CT molecular complexity index is 635. The lowest BCUT2D eigenvalue weighted by Gasteiger charge is -2.21. The number of nitrogens with zero attached hydrogens (tertiary/aromatic N) is 1. The van der Waals surface area contributed by atoms with Gasteiger partial charge < -0.3 is 15.8 Å². The maximum absolute atomic E-state index is 12.3. The van der Waals surface area contributed by atoms with E-state index < -0.39 is 0 Å². The third-order valence-electron chi connectivity index (χ3n) is 3.82. The van der Waals surface area contributed by atoms with Crippen molar-refractivity contribution in [2.75, 3.05) is 38.1 Å². The Hall–Kier alpha value is -2.08. The van der Waals surface area contributed by atoms with Crippen LogP contribution in [0.5, 0.6) is 5.75 Å². The summed E-state index contributed by atoms with van der Waals surface area (Å²) in [5.74, 6) is 0.763. The molecule has 2 aromatic carbocycles. The molecule has 2 rings (SSSR count). The van der Waals surface area contributed by atoms with Gasteiger partial charge in [0.25, 0.3) is 0 Å². The fraction of sp³-hybridized carbons (Fsp3) is 0.350. The molecule has 0 unspecified atom stereocenters. The number of hydrogen-bond acceptors (Lipinski definition) is 4. The van der Waals surface area contributed by atoms with Crippen molar-refractivity contribution in [3.05, 3.63) is 60.2 Å². The molecule has 1 amide bonds. The molecule has 0 saturated heterocycles. The monoisotopic (exact) mass is 377 g/mol. The van der Waals surface area contributed by atoms with E-state index in [9.17, 15) is 4.79 Å². The summed E-state index contributed by atoms with van der Waals surface area (Å²) < 4.78 is 5.40. The zero-order valence-electron chi connectivity index (χ0n) is 15.2. The van der Waals surface area contributed by atoms with Gasteiger partial charge in [-0.25, -0.2) is 0 Å². The van der Waals surface area contributed by atoms with Crippen LogP contribution in [0.3, 0.4) is 0 Å². The van der Waals surface area contributed by atoms with Crippen LogP contribution in [0.15, 0.2) is 54.6 Å². The smallest absolute Gasteiger partial charge is 0.238 e. The number of nitrogens with one attached hydrogen (secondary N) is 1. The normalized spacial score (nSPS) is 10.3. The van der Waals surface area contributed by atoms with Gasteiger partial charge in [0.2, 0.25) is 5.91 Å². The second-order valence-corrected chi connectivity index (χ2v) is 5.81. The number of rotatable bonds is 10. The molecule has 0 radical (unpaired) electrons. The first-order chi connectivity index (χ1) is 12.2. The quantitative estimate of drug-likeness (QED) is 0.668. The highest BCUT2D eigenvalue weighted by molar-refractivity contribution is 5.92. The molecule has 0 heterocycles. The summed E-state index contributed by atoms with van der Waals surface area (Å²) in [7, 11) is 0. The topological polar surface area (TPSA) is 67.6 Å². The molecule has 0 aliphatic heterocycles. The van der Waals surface area contributed by atoms with Crippen molar-refractivity contribution >= 4 is 24.0 Å². The Morgan fingerprint density at radius 1 is 1.08 bits per heavy atom. The van der Waals surface area contributed by atoms with Crippen LogP contribution in [-0.2, 0) is 11.2 Å². The maximum atomic E-state index is 12.3. The Kier molecular flexibility index (Phi) is 10.4. The highest BCUT2D eigenvalue weighted by Gasteiger charge is 2.10. The van der Waals surface area contributed by atoms with Crippen molar-refractivity contribution < 1.29 is 9.53 Å². The van der Waals surface area contributed by atoms with E-state index in [2.05, 4.69) is 22.3 Å². The molecular formula is C20H28ClN3O2. The van der Waals surface area contributed by atoms with Crippen molar-refractivity contribution in [2.45, 2.75) is 13.3 Å². The van der Waals surface area contributed by atoms with E-state index in [1.165, 1.54) is 5.56 Å². The van der Waals surface area contributed by atoms with Crippen LogP contribution in [0.4, 0.5) is 5.69 Å². The highest BCUT2D eigenvalue weighted by atomic mass is 35.5. The molecule has 0 spiro atoms. The summed E-state index contributed by atoms with van der Waals surface area (Å²) in [6, 6.07) is 17.7. The molecule has 6 heteroatoms. The first kappa shape index (κ1) is 22.0. The summed E-state index contributed by atoms with van der Waals surface area (Å²) in [4.78, 5) is 14.4. The van der Waals surface area contributed by atoms with Gasteiger partial charge in [0.1, 0.15) is 5.75 Å². The predicted molar refractivity (Wildman–Crippen MR) is 109 cm³/mol. The number of benzene rings is 2. The minimum atomic E-state index is -0.0364. The average molecular weight is 378 g/mol. The maximum Gasteiger partial charge on any atom is 0.238 e. The molecule has 0 fully saturated rings. The van der Waals surface area contributed by atoms with Crippen LogP contribution in [0, 0.1) is 0 Å². The van der Waals surface area contributed by atoms with E-state index in [1.54, 1.807) is 0 Å². The van der Waals surface area contributed by atoms with Gasteiger partial charge in [0, 0.05) is 25.3 Å². The van der Waals surface area contributed by atoms with Gasteiger partial charge in [-0.05, 0) is 43.2 Å². The molecule has 0 aromatic heterocycles. The Balaban J connectivity index is 0.00000338. The minimum Gasteiger partial charge on any atom is -0.494 e. The van der Waals surface area contributed by atoms with Crippen molar-refractivity contribution in [1.29, 1.82) is 0 Å². The molecule has 0 atom stereocenters. The fourth-order valence-corrected chi connectivity index (χ4v) is 2.59. The number of carbonyl (C=O) groups excluding carboxylic acids is 1. The second-order valence-electron chi connectivity index (χ2n) is 5.81. The van der Waals surface area contributed by atoms with E-state index in [4.69, 9.17) is 10.5 Å². The number of anilines is 1. The summed E-state index contributed by atoms with van der Waals surface area (Å²) in [6.45, 7) is 4.93. The molecular weight excluding hydrogens is 350 g/mol. The van der Waals surface area contributed by atoms with Crippen molar-refractivity contribution in [1.82, 2.24) is 4.90 Å². The number of carbonyl (C=O) groups is 1. The van der Waals surface area contributed by atoms with Crippen LogP contribution in [-0.4, -0.2) is 43.6 Å². The van der Waals surface area contributed by atoms with Gasteiger partial charge in [0.05, 0.1) is 13.2 Å². The zero-order valence-corrected chi connectivity index (χ0v) is 16.0. The molecule has 0 saturated carbocycles. The first-order valence-corrected chi connectivity index (χ1v) is 8.70. The van der Waals surface area contributed by atoms with E-state index in [0.717, 1.165) is 24.4 Å². The Morgan fingerprint density at radius 2 is 1.77 bits per heavy atom. The van der Waals surface area contributed by atoms with E-state index in [1.807, 2.05) is 49.4 Å². The molecule has 2 aromatic rings. The first-order valence-electron chi connectivity index (χ1n) is 8.70. The summed E-state index contributed by atoms with van der Waals surface area (Å²) in [5.41, 5.74) is 7.71. The Labute approximate surface area is 161 Å². The van der Waals surface area contributed by atoms with Gasteiger partial charge in [0.15, 0.2) is 0 Å². The average Bonchev–Trinajstić information content (AvgIpc) is 2.63. The molecule has 5 nitrogen and oxygen atoms in total. The van der Waals surface area contributed by atoms with Crippen molar-refractivity contribution in [3.63, 3.8) is 0 Å². The number of ether oxygens (including phenoxy) is 1. The van der Waals surface area contributed by atoms with Crippen molar-refractivity contribution in [3.8, 4) is 5.75 Å². The van der Waals surface area contributed by atoms with Gasteiger partial charge in [-0.15, -0.1) is 12.4 Å². The largest absolute Gasteiger partial charge is 0.494 e. The number of nitrogens with two attached hydrogens (primary N) is 1. The van der Waals surface area contributed by atoms with E-state index >= 15 is 0 Å². The summed E-state index contributed by atoms with van der Waals surface area (Å²) >= 11 is 0. The summed E-state index contributed by atoms with van der Waals surface area (Å²) in [6.07, 6.45) is 0.900. The molecule has 0 bridgehead atoms. The number of halogens is 1. The minimum absolute atomic E-state index is 0. The second kappa shape index (κ2) is 12.3. The SMILES string of the molecule is CCOc1ccc(NC(=O)CN(CCN)CCc2ccccc2)cc1.Cl. The van der Waals surface area contributed by atoms with Gasteiger partial charge in [-0.1, -0.05) is 30.3 Å². The molecule has 0 aliphatic carbocycles. The third kappa shape index (κ3) is 7.87. The van der Waals surface area contributed by atoms with Crippen molar-refractivity contribution in [2.24, 2.45) is 5.73 Å². The fourth-order valence-electron chi connectivity index (χ4n) is 2.59. The van der Waals surface area contributed by atoms with Gasteiger partial charge in [-0.2, -0.15) is 0 Å². The Morgan fingerprint density at radius 3 is 2.38 bits per heavy atom. The summed E-state index contributed by atoms with van der Waals surface area (Å²) in [5, 5.41) is 2.92. The van der Waals surface area contributed by atoms with Crippen LogP contribution in [0.2, 0.25) is 0 Å². The lowest BCUT2D eigenvalue weighted by atomic mass is 10.1. The lowest BCUT2D eigenvalue weighted by Crippen LogP contribution is -2.37. The number of hydrogen-bond donors (Lipinski definition) is 2. The van der Waals surface area contributed by atoms with E-state index in [-0.39, 0.29) is 18.3 Å².